The average molecular weight is 642 g/mol. The van der Waals surface area contributed by atoms with E-state index < -0.39 is 60.0 Å². The number of benzene rings is 3. The number of hydrogen-bond donors (Lipinski definition) is 3. The van der Waals surface area contributed by atoms with Crippen molar-refractivity contribution >= 4 is 17.7 Å². The van der Waals surface area contributed by atoms with Gasteiger partial charge in [-0.15, -0.1) is 0 Å². The molecule has 1 saturated heterocycles. The highest BCUT2D eigenvalue weighted by Gasteiger charge is 2.29. The second-order valence-corrected chi connectivity index (χ2v) is 10.5. The van der Waals surface area contributed by atoms with Crippen LogP contribution in [0.15, 0.2) is 60.7 Å². The Bertz CT molecular complexity index is 1440. The highest BCUT2D eigenvalue weighted by atomic mass is 19.4. The van der Waals surface area contributed by atoms with Crippen molar-refractivity contribution in [2.24, 2.45) is 0 Å². The summed E-state index contributed by atoms with van der Waals surface area (Å²) in [4.78, 5) is 24.6. The molecule has 0 unspecified atom stereocenters. The molecule has 0 radical (unpaired) electrons. The Kier molecular flexibility index (Phi) is 11.4. The molecular weight excluding hydrogens is 611 g/mol. The Balaban J connectivity index is 1.34. The molecule has 2 amide bonds. The van der Waals surface area contributed by atoms with Crippen LogP contribution in [0.2, 0.25) is 0 Å². The van der Waals surface area contributed by atoms with Crippen LogP contribution in [0.4, 0.5) is 41.2 Å². The molecule has 4 rings (SSSR count). The molecule has 1 heterocycles. The number of rotatable bonds is 11. The first kappa shape index (κ1) is 33.7. The Labute approximate surface area is 254 Å². The second-order valence-electron chi connectivity index (χ2n) is 10.5. The lowest BCUT2D eigenvalue weighted by Gasteiger charge is -2.30. The zero-order valence-corrected chi connectivity index (χ0v) is 23.7. The largest absolute Gasteiger partial charge is 0.448 e. The van der Waals surface area contributed by atoms with Gasteiger partial charge in [0, 0.05) is 36.2 Å². The summed E-state index contributed by atoms with van der Waals surface area (Å²) in [6.07, 6.45) is -5.94. The number of anilines is 1. The van der Waals surface area contributed by atoms with Crippen molar-refractivity contribution in [3.63, 3.8) is 0 Å². The molecule has 45 heavy (non-hydrogen) atoms. The van der Waals surface area contributed by atoms with Gasteiger partial charge in [-0.05, 0) is 60.4 Å². The lowest BCUT2D eigenvalue weighted by atomic mass is 9.88. The van der Waals surface area contributed by atoms with E-state index in [0.717, 1.165) is 12.1 Å². The van der Waals surface area contributed by atoms with Gasteiger partial charge in [-0.25, -0.2) is 22.4 Å². The smallest absolute Gasteiger partial charge is 0.407 e. The van der Waals surface area contributed by atoms with E-state index in [1.54, 1.807) is 5.32 Å². The van der Waals surface area contributed by atoms with Gasteiger partial charge in [0.05, 0.1) is 18.8 Å². The van der Waals surface area contributed by atoms with E-state index in [1.807, 2.05) is 0 Å². The maximum atomic E-state index is 14.9. The third-order valence-corrected chi connectivity index (χ3v) is 7.07. The van der Waals surface area contributed by atoms with E-state index in [2.05, 4.69) is 10.6 Å². The van der Waals surface area contributed by atoms with Gasteiger partial charge in [0.2, 0.25) is 5.91 Å². The van der Waals surface area contributed by atoms with E-state index >= 15 is 0 Å². The fourth-order valence-electron chi connectivity index (χ4n) is 4.88. The molecule has 242 valence electrons. The summed E-state index contributed by atoms with van der Waals surface area (Å²) in [6, 6.07) is 11.8. The van der Waals surface area contributed by atoms with Crippen molar-refractivity contribution < 1.29 is 49.8 Å². The van der Waals surface area contributed by atoms with Gasteiger partial charge < -0.3 is 25.4 Å². The predicted molar refractivity (Wildman–Crippen MR) is 150 cm³/mol. The summed E-state index contributed by atoms with van der Waals surface area (Å²) in [5.74, 6) is -4.18. The standard InChI is InChI=1S/C31H30F7N3O4/c32-20-6-4-18(5-7-20)26(19-10-21(33)12-22(34)11-19)13-29(42)41-28-3-1-2-27(35)25(28)9-8-24-14-39-23(15-44-24)16-45-30(43)40-17-31(36,37)38/h1-7,10-12,23-24,26,39H,8-9,13-17H2,(H,40,43)(H,41,42)/t23-,24+,26-/m0/s1. The van der Waals surface area contributed by atoms with Crippen molar-refractivity contribution in [2.45, 2.75) is 43.5 Å². The highest BCUT2D eigenvalue weighted by Crippen LogP contribution is 2.31. The summed E-state index contributed by atoms with van der Waals surface area (Å²) in [7, 11) is 0. The molecule has 14 heteroatoms. The maximum absolute atomic E-state index is 14.9. The molecular formula is C31H30F7N3O4. The van der Waals surface area contributed by atoms with Crippen molar-refractivity contribution in [2.75, 3.05) is 31.6 Å². The molecule has 0 bridgehead atoms. The molecule has 3 N–H and O–H groups in total. The van der Waals surface area contributed by atoms with E-state index in [4.69, 9.17) is 9.47 Å². The molecule has 3 atom stereocenters. The first-order valence-electron chi connectivity index (χ1n) is 14.0. The van der Waals surface area contributed by atoms with Gasteiger partial charge in [-0.1, -0.05) is 18.2 Å². The number of hydrogen-bond acceptors (Lipinski definition) is 5. The summed E-state index contributed by atoms with van der Waals surface area (Å²) in [5, 5.41) is 7.35. The molecule has 3 aromatic rings. The van der Waals surface area contributed by atoms with Crippen LogP contribution in [-0.4, -0.2) is 56.6 Å². The van der Waals surface area contributed by atoms with Crippen molar-refractivity contribution in [3.05, 3.63) is 101 Å². The molecule has 3 aromatic carbocycles. The molecule has 0 spiro atoms. The normalized spacial score (nSPS) is 17.4. The minimum atomic E-state index is -4.56. The molecule has 7 nitrogen and oxygen atoms in total. The first-order chi connectivity index (χ1) is 21.4. The summed E-state index contributed by atoms with van der Waals surface area (Å²) >= 11 is 0. The minimum absolute atomic E-state index is 0.0868. The van der Waals surface area contributed by atoms with Crippen LogP contribution in [0, 0.1) is 23.3 Å². The van der Waals surface area contributed by atoms with E-state index in [9.17, 15) is 40.3 Å². The van der Waals surface area contributed by atoms with Crippen LogP contribution >= 0.6 is 0 Å². The van der Waals surface area contributed by atoms with Crippen LogP contribution in [-0.2, 0) is 20.7 Å². The number of ether oxygens (including phenoxy) is 2. The fraction of sp³-hybridized carbons (Fsp3) is 0.355. The van der Waals surface area contributed by atoms with Crippen LogP contribution in [0.5, 0.6) is 0 Å². The summed E-state index contributed by atoms with van der Waals surface area (Å²) < 4.78 is 104. The number of morpholine rings is 1. The number of alkyl halides is 3. The Morgan fingerprint density at radius 1 is 0.956 bits per heavy atom. The number of carbonyl (C=O) groups excluding carboxylic acids is 2. The number of carbonyl (C=O) groups is 2. The number of nitrogens with one attached hydrogen (secondary N) is 3. The van der Waals surface area contributed by atoms with Crippen LogP contribution in [0.3, 0.4) is 0 Å². The predicted octanol–water partition coefficient (Wildman–Crippen LogP) is 5.98. The van der Waals surface area contributed by atoms with Gasteiger partial charge in [0.25, 0.3) is 0 Å². The molecule has 1 aliphatic rings. The zero-order valence-electron chi connectivity index (χ0n) is 23.7. The van der Waals surface area contributed by atoms with Crippen LogP contribution < -0.4 is 16.0 Å². The third-order valence-electron chi connectivity index (χ3n) is 7.07. The molecule has 1 fully saturated rings. The lowest BCUT2D eigenvalue weighted by Crippen LogP contribution is -2.49. The number of amides is 2. The van der Waals surface area contributed by atoms with Gasteiger partial charge >= 0.3 is 12.3 Å². The Morgan fingerprint density at radius 2 is 1.67 bits per heavy atom. The van der Waals surface area contributed by atoms with Crippen molar-refractivity contribution in [1.82, 2.24) is 10.6 Å². The quantitative estimate of drug-likeness (QED) is 0.224. The van der Waals surface area contributed by atoms with E-state index in [-0.39, 0.29) is 55.5 Å². The first-order valence-corrected chi connectivity index (χ1v) is 14.0. The second kappa shape index (κ2) is 15.2. The average Bonchev–Trinajstić information content (AvgIpc) is 2.98. The summed E-state index contributed by atoms with van der Waals surface area (Å²) in [6.45, 7) is -1.36. The third kappa shape index (κ3) is 10.5. The maximum Gasteiger partial charge on any atom is 0.407 e. The SMILES string of the molecule is O=C(C[C@@H](c1ccc(F)cc1)c1cc(F)cc(F)c1)Nc1cccc(F)c1CC[C@@H]1CN[C@H](COC(=O)NCC(F)(F)F)CO1. The molecule has 0 saturated carbocycles. The van der Waals surface area contributed by atoms with Crippen molar-refractivity contribution in [3.8, 4) is 0 Å². The molecule has 0 aliphatic carbocycles. The van der Waals surface area contributed by atoms with Gasteiger partial charge in [0.15, 0.2) is 0 Å². The number of halogens is 7. The highest BCUT2D eigenvalue weighted by molar-refractivity contribution is 5.92. The van der Waals surface area contributed by atoms with Gasteiger partial charge in [-0.3, -0.25) is 4.79 Å². The lowest BCUT2D eigenvalue weighted by molar-refractivity contribution is -0.124. The van der Waals surface area contributed by atoms with E-state index in [0.29, 0.717) is 18.1 Å². The van der Waals surface area contributed by atoms with Gasteiger partial charge in [0.1, 0.15) is 36.4 Å². The zero-order chi connectivity index (χ0) is 32.6. The van der Waals surface area contributed by atoms with Crippen LogP contribution in [0.25, 0.3) is 0 Å². The molecule has 0 aromatic heterocycles. The van der Waals surface area contributed by atoms with Crippen molar-refractivity contribution in [1.29, 1.82) is 0 Å². The monoisotopic (exact) mass is 641 g/mol. The van der Waals surface area contributed by atoms with Gasteiger partial charge in [-0.2, -0.15) is 13.2 Å². The Hall–Kier alpha value is -4.17. The summed E-state index contributed by atoms with van der Waals surface area (Å²) in [5.41, 5.74) is 1.02. The minimum Gasteiger partial charge on any atom is -0.448 e. The Morgan fingerprint density at radius 3 is 2.31 bits per heavy atom. The fourth-order valence-corrected chi connectivity index (χ4v) is 4.88. The topological polar surface area (TPSA) is 88.7 Å². The van der Waals surface area contributed by atoms with Crippen LogP contribution in [0.1, 0.15) is 35.4 Å². The van der Waals surface area contributed by atoms with E-state index in [1.165, 1.54) is 42.5 Å². The number of alkyl carbamates (subject to hydrolysis) is 1. The molecule has 1 aliphatic heterocycles.